The Morgan fingerprint density at radius 1 is 0.892 bits per heavy atom. The van der Waals surface area contributed by atoms with E-state index in [2.05, 4.69) is 43.4 Å². The highest BCUT2D eigenvalue weighted by Crippen LogP contribution is 2.41. The molecule has 0 aliphatic rings. The van der Waals surface area contributed by atoms with Gasteiger partial charge in [0.2, 0.25) is 5.75 Å². The molecule has 1 heterocycles. The van der Waals surface area contributed by atoms with Crippen LogP contribution in [0.2, 0.25) is 0 Å². The Balaban J connectivity index is 1.67. The number of nitrogens with one attached hydrogen (secondary N) is 1. The summed E-state index contributed by atoms with van der Waals surface area (Å²) in [5.74, 6) is 1.15. The number of rotatable bonds is 7. The summed E-state index contributed by atoms with van der Waals surface area (Å²) >= 11 is 0. The number of aromatic nitrogens is 1. The molecular weight excluding hydrogens is 466 g/mol. The van der Waals surface area contributed by atoms with Crippen molar-refractivity contribution in [2.75, 3.05) is 21.3 Å². The van der Waals surface area contributed by atoms with E-state index in [1.165, 1.54) is 5.56 Å². The van der Waals surface area contributed by atoms with Gasteiger partial charge in [-0.2, -0.15) is 5.10 Å². The lowest BCUT2D eigenvalue weighted by molar-refractivity contribution is 0.0956. The van der Waals surface area contributed by atoms with Gasteiger partial charge in [-0.25, -0.2) is 10.4 Å². The number of hydrogen-bond acceptors (Lipinski definition) is 6. The van der Waals surface area contributed by atoms with Gasteiger partial charge >= 0.3 is 0 Å². The van der Waals surface area contributed by atoms with E-state index in [0.717, 1.165) is 16.5 Å². The fraction of sp³-hybridized carbons (Fsp3) is 0.233. The molecule has 0 aliphatic heterocycles. The average molecular weight is 498 g/mol. The summed E-state index contributed by atoms with van der Waals surface area (Å²) in [6.45, 7) is 6.51. The summed E-state index contributed by atoms with van der Waals surface area (Å²) in [6.07, 6.45) is 1.63. The van der Waals surface area contributed by atoms with Crippen LogP contribution in [0.3, 0.4) is 0 Å². The highest BCUT2D eigenvalue weighted by Gasteiger charge is 2.18. The van der Waals surface area contributed by atoms with Crippen LogP contribution in [0, 0.1) is 0 Å². The Bertz CT molecular complexity index is 1430. The Kier molecular flexibility index (Phi) is 7.43. The first-order valence-electron chi connectivity index (χ1n) is 11.9. The third-order valence-corrected chi connectivity index (χ3v) is 6.08. The second kappa shape index (κ2) is 10.7. The Morgan fingerprint density at radius 3 is 2.14 bits per heavy atom. The molecule has 0 saturated carbocycles. The van der Waals surface area contributed by atoms with E-state index in [1.54, 1.807) is 45.7 Å². The van der Waals surface area contributed by atoms with Crippen molar-refractivity contribution in [1.82, 2.24) is 10.4 Å². The molecule has 37 heavy (non-hydrogen) atoms. The molecule has 0 saturated heterocycles. The van der Waals surface area contributed by atoms with Crippen LogP contribution in [0.25, 0.3) is 22.2 Å². The second-order valence-corrected chi connectivity index (χ2v) is 9.56. The minimum atomic E-state index is -0.338. The summed E-state index contributed by atoms with van der Waals surface area (Å²) in [5.41, 5.74) is 7.30. The summed E-state index contributed by atoms with van der Waals surface area (Å²) in [6, 6.07) is 21.0. The van der Waals surface area contributed by atoms with Gasteiger partial charge in [0.25, 0.3) is 5.91 Å². The van der Waals surface area contributed by atoms with Gasteiger partial charge in [0.1, 0.15) is 0 Å². The maximum absolute atomic E-state index is 13.2. The summed E-state index contributed by atoms with van der Waals surface area (Å²) in [5, 5.41) is 4.92. The second-order valence-electron chi connectivity index (χ2n) is 9.56. The maximum Gasteiger partial charge on any atom is 0.272 e. The monoisotopic (exact) mass is 497 g/mol. The Hall–Kier alpha value is -4.39. The highest BCUT2D eigenvalue weighted by molar-refractivity contribution is 6.07. The predicted octanol–water partition coefficient (Wildman–Crippen LogP) is 5.99. The number of pyridine rings is 1. The number of para-hydroxylation sites is 1. The topological polar surface area (TPSA) is 82.0 Å². The molecule has 0 aliphatic carbocycles. The minimum Gasteiger partial charge on any atom is -0.493 e. The van der Waals surface area contributed by atoms with E-state index in [1.807, 2.05) is 36.4 Å². The van der Waals surface area contributed by atoms with Gasteiger partial charge in [-0.1, -0.05) is 63.2 Å². The van der Waals surface area contributed by atoms with Crippen LogP contribution >= 0.6 is 0 Å². The van der Waals surface area contributed by atoms with Gasteiger partial charge in [-0.3, -0.25) is 4.79 Å². The van der Waals surface area contributed by atoms with E-state index < -0.39 is 0 Å². The molecule has 1 N–H and O–H groups in total. The molecule has 7 heteroatoms. The largest absolute Gasteiger partial charge is 0.493 e. The van der Waals surface area contributed by atoms with Crippen LogP contribution < -0.4 is 19.6 Å². The number of benzene rings is 3. The summed E-state index contributed by atoms with van der Waals surface area (Å²) < 4.78 is 16.4. The minimum absolute atomic E-state index is 0.0713. The highest BCUT2D eigenvalue weighted by atomic mass is 16.5. The predicted molar refractivity (Wildman–Crippen MR) is 147 cm³/mol. The molecule has 3 aromatic carbocycles. The van der Waals surface area contributed by atoms with Gasteiger partial charge in [0.05, 0.1) is 44.3 Å². The lowest BCUT2D eigenvalue weighted by Crippen LogP contribution is -2.18. The first kappa shape index (κ1) is 25.7. The lowest BCUT2D eigenvalue weighted by atomic mass is 9.87. The molecule has 0 atom stereocenters. The molecule has 0 unspecified atom stereocenters. The molecule has 190 valence electrons. The van der Waals surface area contributed by atoms with Gasteiger partial charge in [0, 0.05) is 10.9 Å². The van der Waals surface area contributed by atoms with Crippen molar-refractivity contribution in [3.8, 4) is 28.5 Å². The van der Waals surface area contributed by atoms with E-state index in [9.17, 15) is 4.79 Å². The standard InChI is InChI=1S/C30H31N3O4/c1-30(2,3)21-13-11-19(12-14-21)18-31-33-29(34)23-17-25(32-24-10-8-7-9-22(23)24)20-15-26(35-4)28(37-6)27(16-20)36-5/h7-18H,1-6H3,(H,33,34)/b31-18+. The number of nitrogens with zero attached hydrogens (tertiary/aromatic N) is 2. The van der Waals surface area contributed by atoms with Crippen molar-refractivity contribution in [3.63, 3.8) is 0 Å². The smallest absolute Gasteiger partial charge is 0.272 e. The third kappa shape index (κ3) is 5.56. The molecule has 0 fully saturated rings. The maximum atomic E-state index is 13.2. The lowest BCUT2D eigenvalue weighted by Gasteiger charge is -2.18. The fourth-order valence-corrected chi connectivity index (χ4v) is 4.03. The van der Waals surface area contributed by atoms with E-state index in [0.29, 0.717) is 34.0 Å². The zero-order valence-corrected chi connectivity index (χ0v) is 22.0. The zero-order chi connectivity index (χ0) is 26.6. The molecular formula is C30H31N3O4. The van der Waals surface area contributed by atoms with Crippen LogP contribution in [0.5, 0.6) is 17.2 Å². The molecule has 7 nitrogen and oxygen atoms in total. The van der Waals surface area contributed by atoms with Crippen molar-refractivity contribution < 1.29 is 19.0 Å². The van der Waals surface area contributed by atoms with Crippen molar-refractivity contribution in [2.45, 2.75) is 26.2 Å². The van der Waals surface area contributed by atoms with Crippen LogP contribution in [0.15, 0.2) is 71.8 Å². The number of carbonyl (C=O) groups is 1. The Labute approximate surface area is 217 Å². The number of carbonyl (C=O) groups excluding carboxylic acids is 1. The molecule has 0 bridgehead atoms. The van der Waals surface area contributed by atoms with E-state index in [-0.39, 0.29) is 11.3 Å². The van der Waals surface area contributed by atoms with E-state index in [4.69, 9.17) is 19.2 Å². The molecule has 0 radical (unpaired) electrons. The third-order valence-electron chi connectivity index (χ3n) is 6.08. The zero-order valence-electron chi connectivity index (χ0n) is 22.0. The van der Waals surface area contributed by atoms with Crippen molar-refractivity contribution in [1.29, 1.82) is 0 Å². The molecule has 4 aromatic rings. The Morgan fingerprint density at radius 2 is 1.54 bits per heavy atom. The van der Waals surface area contributed by atoms with Crippen molar-refractivity contribution in [3.05, 3.63) is 83.4 Å². The first-order chi connectivity index (χ1) is 17.7. The first-order valence-corrected chi connectivity index (χ1v) is 11.9. The van der Waals surface area contributed by atoms with Crippen LogP contribution in [0.1, 0.15) is 42.3 Å². The normalized spacial score (nSPS) is 11.5. The molecule has 0 spiro atoms. The SMILES string of the molecule is COc1cc(-c2cc(C(=O)N/N=C/c3ccc(C(C)(C)C)cc3)c3ccccc3n2)cc(OC)c1OC. The van der Waals surface area contributed by atoms with Gasteiger partial charge in [0.15, 0.2) is 11.5 Å². The fourth-order valence-electron chi connectivity index (χ4n) is 4.03. The molecule has 1 amide bonds. The number of hydrogen-bond donors (Lipinski definition) is 1. The van der Waals surface area contributed by atoms with Crippen LogP contribution in [0.4, 0.5) is 0 Å². The number of fused-ring (bicyclic) bond motifs is 1. The summed E-state index contributed by atoms with van der Waals surface area (Å²) in [7, 11) is 4.67. The van der Waals surface area contributed by atoms with Gasteiger partial charge in [-0.15, -0.1) is 0 Å². The average Bonchev–Trinajstić information content (AvgIpc) is 2.91. The number of ether oxygens (including phenoxy) is 3. The quantitative estimate of drug-likeness (QED) is 0.251. The van der Waals surface area contributed by atoms with Gasteiger partial charge in [-0.05, 0) is 40.8 Å². The van der Waals surface area contributed by atoms with Crippen LogP contribution in [-0.2, 0) is 5.41 Å². The number of amides is 1. The van der Waals surface area contributed by atoms with Crippen molar-refractivity contribution >= 4 is 23.0 Å². The molecule has 4 rings (SSSR count). The number of methoxy groups -OCH3 is 3. The number of hydrazone groups is 1. The van der Waals surface area contributed by atoms with E-state index >= 15 is 0 Å². The van der Waals surface area contributed by atoms with Gasteiger partial charge < -0.3 is 14.2 Å². The van der Waals surface area contributed by atoms with Crippen molar-refractivity contribution in [2.24, 2.45) is 5.10 Å². The molecule has 1 aromatic heterocycles. The summed E-state index contributed by atoms with van der Waals surface area (Å²) in [4.78, 5) is 18.0. The van der Waals surface area contributed by atoms with Crippen LogP contribution in [-0.4, -0.2) is 38.4 Å².